The number of fused-ring (bicyclic) bond motifs is 5. The van der Waals surface area contributed by atoms with Crippen molar-refractivity contribution >= 4 is 0 Å². The molecule has 4 N–H and O–H groups in total. The minimum Gasteiger partial charge on any atom is -0.330 e. The molecule has 1 heterocycles. The van der Waals surface area contributed by atoms with E-state index < -0.39 is 0 Å². The monoisotopic (exact) mass is 515 g/mol. The van der Waals surface area contributed by atoms with Crippen LogP contribution < -0.4 is 16.4 Å². The molecule has 0 spiro atoms. The molecule has 5 fully saturated rings. The molecule has 1 saturated heterocycles. The number of piperazine rings is 1. The smallest absolute Gasteiger partial charge is 0.0110 e. The van der Waals surface area contributed by atoms with Crippen LogP contribution in [0.3, 0.4) is 0 Å². The number of nitrogens with one attached hydrogen (secondary N) is 2. The van der Waals surface area contributed by atoms with E-state index in [1.807, 2.05) is 0 Å². The summed E-state index contributed by atoms with van der Waals surface area (Å²) < 4.78 is 0. The first-order valence-corrected chi connectivity index (χ1v) is 16.4. The predicted molar refractivity (Wildman–Crippen MR) is 157 cm³/mol. The molecule has 0 aromatic carbocycles. The predicted octanol–water partition coefficient (Wildman–Crippen LogP) is 4.57. The summed E-state index contributed by atoms with van der Waals surface area (Å²) in [5.41, 5.74) is 6.90. The molecule has 5 rings (SSSR count). The highest BCUT2D eigenvalue weighted by atomic mass is 15.3. The number of hydrogen-bond donors (Lipinski definition) is 3. The van der Waals surface area contributed by atoms with Gasteiger partial charge in [-0.2, -0.15) is 0 Å². The van der Waals surface area contributed by atoms with Crippen LogP contribution in [-0.4, -0.2) is 80.8 Å². The van der Waals surface area contributed by atoms with Crippen LogP contribution in [-0.2, 0) is 0 Å². The molecule has 0 radical (unpaired) electrons. The van der Waals surface area contributed by atoms with Crippen LogP contribution >= 0.6 is 0 Å². The molecule has 0 aromatic heterocycles. The molecule has 0 amide bonds. The van der Waals surface area contributed by atoms with Gasteiger partial charge in [-0.1, -0.05) is 27.7 Å². The van der Waals surface area contributed by atoms with Crippen molar-refractivity contribution < 1.29 is 0 Å². The zero-order chi connectivity index (χ0) is 26.0. The van der Waals surface area contributed by atoms with Gasteiger partial charge in [-0.3, -0.25) is 4.90 Å². The van der Waals surface area contributed by atoms with E-state index in [1.54, 1.807) is 0 Å². The third-order valence-corrected chi connectivity index (χ3v) is 12.6. The van der Waals surface area contributed by atoms with Crippen molar-refractivity contribution in [2.75, 3.05) is 58.9 Å². The minimum atomic E-state index is 0.598. The molecule has 4 saturated carbocycles. The summed E-state index contributed by atoms with van der Waals surface area (Å²) >= 11 is 0. The second-order valence-corrected chi connectivity index (χ2v) is 14.8. The van der Waals surface area contributed by atoms with Crippen LogP contribution in [0.5, 0.6) is 0 Å². The summed E-state index contributed by atoms with van der Waals surface area (Å²) in [6, 6.07) is 1.38. The molecule has 5 nitrogen and oxygen atoms in total. The minimum absolute atomic E-state index is 0.598. The van der Waals surface area contributed by atoms with E-state index in [2.05, 4.69) is 48.1 Å². The van der Waals surface area contributed by atoms with Gasteiger partial charge in [0.25, 0.3) is 0 Å². The highest BCUT2D eigenvalue weighted by Gasteiger charge is 2.59. The van der Waals surface area contributed by atoms with Crippen molar-refractivity contribution in [2.24, 2.45) is 46.2 Å². The first kappa shape index (κ1) is 28.3. The molecule has 4 aliphatic carbocycles. The summed E-state index contributed by atoms with van der Waals surface area (Å²) in [4.78, 5) is 5.27. The zero-order valence-corrected chi connectivity index (χ0v) is 24.9. The van der Waals surface area contributed by atoms with Crippen molar-refractivity contribution in [3.8, 4) is 0 Å². The Balaban J connectivity index is 1.09. The van der Waals surface area contributed by atoms with E-state index in [0.29, 0.717) is 16.9 Å². The van der Waals surface area contributed by atoms with Crippen LogP contribution in [0.4, 0.5) is 0 Å². The molecule has 214 valence electrons. The van der Waals surface area contributed by atoms with Crippen LogP contribution in [0.2, 0.25) is 0 Å². The Bertz CT molecular complexity index is 720. The van der Waals surface area contributed by atoms with Crippen molar-refractivity contribution in [1.29, 1.82) is 0 Å². The maximum Gasteiger partial charge on any atom is 0.0110 e. The third-order valence-electron chi connectivity index (χ3n) is 12.6. The lowest BCUT2D eigenvalue weighted by atomic mass is 9.44. The van der Waals surface area contributed by atoms with Gasteiger partial charge in [-0.05, 0) is 124 Å². The average Bonchev–Trinajstić information content (AvgIpc) is 3.23. The van der Waals surface area contributed by atoms with Gasteiger partial charge in [0.1, 0.15) is 0 Å². The Morgan fingerprint density at radius 1 is 0.838 bits per heavy atom. The first-order chi connectivity index (χ1) is 17.8. The maximum atomic E-state index is 5.69. The molecule has 5 heteroatoms. The molecular weight excluding hydrogens is 454 g/mol. The Morgan fingerprint density at radius 3 is 2.27 bits per heavy atom. The quantitative estimate of drug-likeness (QED) is 0.398. The largest absolute Gasteiger partial charge is 0.330 e. The number of nitrogens with two attached hydrogens (primary N) is 1. The van der Waals surface area contributed by atoms with Crippen molar-refractivity contribution in [3.63, 3.8) is 0 Å². The lowest BCUT2D eigenvalue weighted by Crippen LogP contribution is -2.55. The van der Waals surface area contributed by atoms with Crippen molar-refractivity contribution in [3.05, 3.63) is 0 Å². The van der Waals surface area contributed by atoms with Crippen molar-refractivity contribution in [2.45, 2.75) is 104 Å². The van der Waals surface area contributed by atoms with Gasteiger partial charge < -0.3 is 21.3 Å². The first-order valence-electron chi connectivity index (χ1n) is 16.4. The van der Waals surface area contributed by atoms with Gasteiger partial charge >= 0.3 is 0 Å². The fraction of sp³-hybridized carbons (Fsp3) is 1.00. The fourth-order valence-corrected chi connectivity index (χ4v) is 10.2. The Morgan fingerprint density at radius 2 is 1.54 bits per heavy atom. The standard InChI is InChI=1S/C32H61N5/c1-24(2)35-23-26-7-9-29-28-8-6-25-22-27(10-12-31(25,3)30(28)11-13-32(26,29)4)34-15-17-37-20-18-36(19-21-37)16-5-14-33/h24-30,34-35H,5-23,33H2,1-4H3/t25?,26?,27-,28?,29?,30?,31-,32?/m0/s1. The van der Waals surface area contributed by atoms with Gasteiger partial charge in [0.05, 0.1) is 0 Å². The highest BCUT2D eigenvalue weighted by Crippen LogP contribution is 2.67. The van der Waals surface area contributed by atoms with E-state index in [0.717, 1.165) is 48.6 Å². The van der Waals surface area contributed by atoms with E-state index in [1.165, 1.54) is 110 Å². The number of nitrogens with zero attached hydrogens (tertiary/aromatic N) is 2. The maximum absolute atomic E-state index is 5.69. The summed E-state index contributed by atoms with van der Waals surface area (Å²) in [6.07, 6.45) is 14.5. The summed E-state index contributed by atoms with van der Waals surface area (Å²) in [5.74, 6) is 4.86. The van der Waals surface area contributed by atoms with E-state index in [9.17, 15) is 0 Å². The number of hydrogen-bond acceptors (Lipinski definition) is 5. The van der Waals surface area contributed by atoms with Crippen LogP contribution in [0, 0.1) is 40.4 Å². The second kappa shape index (κ2) is 12.1. The van der Waals surface area contributed by atoms with Gasteiger partial charge in [0.2, 0.25) is 0 Å². The Kier molecular flexibility index (Phi) is 9.28. The molecule has 37 heavy (non-hydrogen) atoms. The number of rotatable bonds is 10. The molecule has 0 bridgehead atoms. The van der Waals surface area contributed by atoms with Gasteiger partial charge in [-0.25, -0.2) is 0 Å². The van der Waals surface area contributed by atoms with Gasteiger partial charge in [-0.15, -0.1) is 0 Å². The highest BCUT2D eigenvalue weighted by molar-refractivity contribution is 5.09. The van der Waals surface area contributed by atoms with Crippen LogP contribution in [0.15, 0.2) is 0 Å². The molecule has 6 unspecified atom stereocenters. The Hall–Kier alpha value is -0.200. The molecule has 0 aromatic rings. The SMILES string of the molecule is CC(C)NCC1CCC2C3CCC4C[C@@H](NCCN5CCN(CCCN)CC5)CC[C@]4(C)C3CCC12C. The lowest BCUT2D eigenvalue weighted by Gasteiger charge is -2.61. The van der Waals surface area contributed by atoms with Crippen LogP contribution in [0.25, 0.3) is 0 Å². The van der Waals surface area contributed by atoms with Gasteiger partial charge in [0.15, 0.2) is 0 Å². The lowest BCUT2D eigenvalue weighted by molar-refractivity contribution is -0.114. The van der Waals surface area contributed by atoms with Gasteiger partial charge in [0, 0.05) is 51.4 Å². The summed E-state index contributed by atoms with van der Waals surface area (Å²) in [5, 5.41) is 7.84. The summed E-state index contributed by atoms with van der Waals surface area (Å²) in [6.45, 7) is 20.6. The average molecular weight is 516 g/mol. The van der Waals surface area contributed by atoms with E-state index >= 15 is 0 Å². The molecule has 5 aliphatic rings. The second-order valence-electron chi connectivity index (χ2n) is 14.8. The molecule has 8 atom stereocenters. The third kappa shape index (κ3) is 5.97. The van der Waals surface area contributed by atoms with Crippen LogP contribution in [0.1, 0.15) is 91.9 Å². The zero-order valence-electron chi connectivity index (χ0n) is 24.9. The van der Waals surface area contributed by atoms with Crippen molar-refractivity contribution in [1.82, 2.24) is 20.4 Å². The Labute approximate surface area is 229 Å². The van der Waals surface area contributed by atoms with E-state index in [4.69, 9.17) is 5.73 Å². The fourth-order valence-electron chi connectivity index (χ4n) is 10.2. The van der Waals surface area contributed by atoms with E-state index in [-0.39, 0.29) is 0 Å². The molecule has 1 aliphatic heterocycles. The topological polar surface area (TPSA) is 56.6 Å². The molecular formula is C32H61N5. The normalized spacial score (nSPS) is 43.0. The summed E-state index contributed by atoms with van der Waals surface area (Å²) in [7, 11) is 0.